The van der Waals surface area contributed by atoms with Gasteiger partial charge in [-0.2, -0.15) is 0 Å². The quantitative estimate of drug-likeness (QED) is 0.631. The van der Waals surface area contributed by atoms with E-state index in [0.717, 1.165) is 0 Å². The highest BCUT2D eigenvalue weighted by molar-refractivity contribution is 5.83. The Bertz CT molecular complexity index is 488. The Labute approximate surface area is 122 Å². The topological polar surface area (TPSA) is 116 Å². The fourth-order valence-electron chi connectivity index (χ4n) is 1.99. The van der Waals surface area contributed by atoms with E-state index < -0.39 is 23.8 Å². The Kier molecular flexibility index (Phi) is 6.35. The average molecular weight is 293 g/mol. The van der Waals surface area contributed by atoms with E-state index in [4.69, 9.17) is 16.2 Å². The van der Waals surface area contributed by atoms with Crippen LogP contribution in [-0.2, 0) is 19.1 Å². The van der Waals surface area contributed by atoms with Crippen molar-refractivity contribution in [1.82, 2.24) is 4.90 Å². The molecule has 0 heterocycles. The predicted octanol–water partition coefficient (Wildman–Crippen LogP) is -0.437. The van der Waals surface area contributed by atoms with Crippen molar-refractivity contribution >= 4 is 17.8 Å². The minimum absolute atomic E-state index is 0.184. The van der Waals surface area contributed by atoms with Gasteiger partial charge in [0.15, 0.2) is 0 Å². The maximum atomic E-state index is 12.2. The molecule has 1 unspecified atom stereocenters. The number of nitrogens with zero attached hydrogens (tertiary/aromatic N) is 1. The van der Waals surface area contributed by atoms with Crippen molar-refractivity contribution in [1.29, 1.82) is 0 Å². The SMILES string of the molecule is CCOC(=O)C(c1ccccc1)N(CC(N)=O)CC(N)=O. The molecule has 1 aromatic rings. The lowest BCUT2D eigenvalue weighted by Crippen LogP contribution is -2.44. The highest BCUT2D eigenvalue weighted by Crippen LogP contribution is 2.22. The van der Waals surface area contributed by atoms with Crippen LogP contribution in [0.2, 0.25) is 0 Å². The summed E-state index contributed by atoms with van der Waals surface area (Å²) in [5, 5.41) is 0. The molecule has 0 saturated heterocycles. The molecule has 1 rings (SSSR count). The monoisotopic (exact) mass is 293 g/mol. The summed E-state index contributed by atoms with van der Waals surface area (Å²) in [5.41, 5.74) is 10.9. The van der Waals surface area contributed by atoms with Gasteiger partial charge >= 0.3 is 5.97 Å². The first kappa shape index (κ1) is 16.6. The van der Waals surface area contributed by atoms with Gasteiger partial charge in [-0.1, -0.05) is 30.3 Å². The molecule has 114 valence electrons. The number of amides is 2. The largest absolute Gasteiger partial charge is 0.465 e. The van der Waals surface area contributed by atoms with E-state index in [1.165, 1.54) is 4.90 Å². The zero-order valence-corrected chi connectivity index (χ0v) is 11.8. The van der Waals surface area contributed by atoms with E-state index >= 15 is 0 Å². The number of nitrogens with two attached hydrogens (primary N) is 2. The molecular formula is C14H19N3O4. The Hall–Kier alpha value is -2.41. The van der Waals surface area contributed by atoms with Crippen LogP contribution in [0.3, 0.4) is 0 Å². The molecule has 1 atom stereocenters. The standard InChI is InChI=1S/C14H19N3O4/c1-2-21-14(20)13(10-6-4-3-5-7-10)17(8-11(15)18)9-12(16)19/h3-7,13H,2,8-9H2,1H3,(H2,15,18)(H2,16,19). The summed E-state index contributed by atoms with van der Waals surface area (Å²) in [5.74, 6) is -1.89. The highest BCUT2D eigenvalue weighted by atomic mass is 16.5. The second-order valence-electron chi connectivity index (χ2n) is 4.40. The zero-order chi connectivity index (χ0) is 15.8. The summed E-state index contributed by atoms with van der Waals surface area (Å²) in [6.45, 7) is 1.30. The molecule has 0 aromatic heterocycles. The number of esters is 1. The Morgan fingerprint density at radius 3 is 2.05 bits per heavy atom. The fraction of sp³-hybridized carbons (Fsp3) is 0.357. The van der Waals surface area contributed by atoms with Crippen LogP contribution in [-0.4, -0.2) is 42.4 Å². The van der Waals surface area contributed by atoms with Crippen LogP contribution < -0.4 is 11.5 Å². The maximum Gasteiger partial charge on any atom is 0.328 e. The molecule has 0 fully saturated rings. The number of carbonyl (C=O) groups excluding carboxylic acids is 3. The average Bonchev–Trinajstić information content (AvgIpc) is 2.39. The summed E-state index contributed by atoms with van der Waals surface area (Å²) in [6.07, 6.45) is 0. The van der Waals surface area contributed by atoms with Gasteiger partial charge in [0.25, 0.3) is 0 Å². The summed E-state index contributed by atoms with van der Waals surface area (Å²) in [4.78, 5) is 35.9. The lowest BCUT2D eigenvalue weighted by atomic mass is 10.1. The number of primary amides is 2. The van der Waals surface area contributed by atoms with E-state index in [1.54, 1.807) is 37.3 Å². The molecule has 0 aliphatic heterocycles. The number of hydrogen-bond donors (Lipinski definition) is 2. The highest BCUT2D eigenvalue weighted by Gasteiger charge is 2.30. The second kappa shape index (κ2) is 8.01. The van der Waals surface area contributed by atoms with Crippen LogP contribution in [0.15, 0.2) is 30.3 Å². The van der Waals surface area contributed by atoms with Crippen LogP contribution in [0.25, 0.3) is 0 Å². The minimum atomic E-state index is -0.911. The molecule has 21 heavy (non-hydrogen) atoms. The van der Waals surface area contributed by atoms with E-state index in [9.17, 15) is 14.4 Å². The molecule has 7 heteroatoms. The van der Waals surface area contributed by atoms with Gasteiger partial charge < -0.3 is 16.2 Å². The molecule has 0 aliphatic rings. The molecule has 0 bridgehead atoms. The van der Waals surface area contributed by atoms with Gasteiger partial charge in [-0.3, -0.25) is 14.5 Å². The molecule has 2 amide bonds. The van der Waals surface area contributed by atoms with E-state index in [-0.39, 0.29) is 19.7 Å². The smallest absolute Gasteiger partial charge is 0.328 e. The summed E-state index contributed by atoms with van der Waals surface area (Å²) in [6, 6.07) is 7.78. The van der Waals surface area contributed by atoms with Crippen molar-refractivity contribution in [3.8, 4) is 0 Å². The van der Waals surface area contributed by atoms with Crippen molar-refractivity contribution in [2.75, 3.05) is 19.7 Å². The van der Waals surface area contributed by atoms with Gasteiger partial charge in [0.05, 0.1) is 19.7 Å². The Balaban J connectivity index is 3.14. The number of benzene rings is 1. The molecule has 0 radical (unpaired) electrons. The van der Waals surface area contributed by atoms with Gasteiger partial charge in [0.1, 0.15) is 6.04 Å². The second-order valence-corrected chi connectivity index (χ2v) is 4.40. The summed E-state index contributed by atoms with van der Waals surface area (Å²) in [7, 11) is 0. The molecule has 0 spiro atoms. The Morgan fingerprint density at radius 2 is 1.62 bits per heavy atom. The first-order valence-corrected chi connectivity index (χ1v) is 6.48. The predicted molar refractivity (Wildman–Crippen MR) is 75.8 cm³/mol. The van der Waals surface area contributed by atoms with Crippen molar-refractivity contribution < 1.29 is 19.1 Å². The van der Waals surface area contributed by atoms with Crippen molar-refractivity contribution in [3.63, 3.8) is 0 Å². The lowest BCUT2D eigenvalue weighted by molar-refractivity contribution is -0.150. The lowest BCUT2D eigenvalue weighted by Gasteiger charge is -2.28. The molecule has 0 saturated carbocycles. The van der Waals surface area contributed by atoms with E-state index in [0.29, 0.717) is 5.56 Å². The van der Waals surface area contributed by atoms with Gasteiger partial charge in [0, 0.05) is 0 Å². The molecule has 0 aliphatic carbocycles. The third-order valence-corrected chi connectivity index (χ3v) is 2.71. The third-order valence-electron chi connectivity index (χ3n) is 2.71. The van der Waals surface area contributed by atoms with Crippen LogP contribution in [0.1, 0.15) is 18.5 Å². The molecule has 4 N–H and O–H groups in total. The van der Waals surface area contributed by atoms with Crippen molar-refractivity contribution in [2.45, 2.75) is 13.0 Å². The maximum absolute atomic E-state index is 12.2. The van der Waals surface area contributed by atoms with Gasteiger partial charge in [0.2, 0.25) is 11.8 Å². The summed E-state index contributed by atoms with van der Waals surface area (Å²) < 4.78 is 5.02. The van der Waals surface area contributed by atoms with Gasteiger partial charge in [-0.15, -0.1) is 0 Å². The van der Waals surface area contributed by atoms with Gasteiger partial charge in [-0.25, -0.2) is 4.79 Å². The fourth-order valence-corrected chi connectivity index (χ4v) is 1.99. The van der Waals surface area contributed by atoms with E-state index in [1.807, 2.05) is 0 Å². The molecular weight excluding hydrogens is 274 g/mol. The summed E-state index contributed by atoms with van der Waals surface area (Å²) >= 11 is 0. The van der Waals surface area contributed by atoms with Crippen LogP contribution in [0.5, 0.6) is 0 Å². The van der Waals surface area contributed by atoms with Crippen molar-refractivity contribution in [3.05, 3.63) is 35.9 Å². The van der Waals surface area contributed by atoms with Crippen LogP contribution in [0, 0.1) is 0 Å². The van der Waals surface area contributed by atoms with Crippen molar-refractivity contribution in [2.24, 2.45) is 11.5 Å². The molecule has 1 aromatic carbocycles. The first-order chi connectivity index (χ1) is 9.95. The zero-order valence-electron chi connectivity index (χ0n) is 11.8. The van der Waals surface area contributed by atoms with Crippen LogP contribution in [0.4, 0.5) is 0 Å². The molecule has 7 nitrogen and oxygen atoms in total. The number of hydrogen-bond acceptors (Lipinski definition) is 5. The van der Waals surface area contributed by atoms with E-state index in [2.05, 4.69) is 0 Å². The first-order valence-electron chi connectivity index (χ1n) is 6.48. The van der Waals surface area contributed by atoms with Gasteiger partial charge in [-0.05, 0) is 12.5 Å². The van der Waals surface area contributed by atoms with Crippen LogP contribution >= 0.6 is 0 Å². The third kappa shape index (κ3) is 5.23. The Morgan fingerprint density at radius 1 is 1.10 bits per heavy atom. The minimum Gasteiger partial charge on any atom is -0.465 e. The number of ether oxygens (including phenoxy) is 1. The number of rotatable bonds is 8. The normalized spacial score (nSPS) is 11.9. The number of carbonyl (C=O) groups is 3.